The van der Waals surface area contributed by atoms with Gasteiger partial charge in [0.05, 0.1) is 7.11 Å². The number of carbonyl (C=O) groups excluding carboxylic acids is 1. The molecular formula is C13H15N3O2S. The van der Waals surface area contributed by atoms with E-state index in [1.54, 1.807) is 0 Å². The van der Waals surface area contributed by atoms with Crippen LogP contribution in [0.2, 0.25) is 0 Å². The van der Waals surface area contributed by atoms with Crippen LogP contribution >= 0.6 is 11.3 Å². The number of ether oxygens (including phenoxy) is 1. The predicted octanol–water partition coefficient (Wildman–Crippen LogP) is 2.15. The Morgan fingerprint density at radius 2 is 2.11 bits per heavy atom. The van der Waals surface area contributed by atoms with Crippen LogP contribution < -0.4 is 10.6 Å². The van der Waals surface area contributed by atoms with Gasteiger partial charge in [-0.2, -0.15) is 0 Å². The molecule has 0 aliphatic carbocycles. The van der Waals surface area contributed by atoms with Crippen LogP contribution in [0.1, 0.15) is 15.2 Å². The van der Waals surface area contributed by atoms with Crippen molar-refractivity contribution in [2.24, 2.45) is 0 Å². The topological polar surface area (TPSA) is 68.5 Å². The molecule has 6 heteroatoms. The van der Waals surface area contributed by atoms with Gasteiger partial charge in [-0.25, -0.2) is 9.78 Å². The molecule has 2 N–H and O–H groups in total. The number of nitrogens with zero attached hydrogens (tertiary/aromatic N) is 2. The summed E-state index contributed by atoms with van der Waals surface area (Å²) in [4.78, 5) is 18.0. The van der Waals surface area contributed by atoms with Crippen LogP contribution in [0.5, 0.6) is 0 Å². The van der Waals surface area contributed by atoms with Gasteiger partial charge in [0.25, 0.3) is 0 Å². The van der Waals surface area contributed by atoms with Gasteiger partial charge in [-0.15, -0.1) is 0 Å². The van der Waals surface area contributed by atoms with Crippen molar-refractivity contribution in [3.63, 3.8) is 0 Å². The van der Waals surface area contributed by atoms with Crippen molar-refractivity contribution in [3.05, 3.63) is 40.8 Å². The number of aromatic nitrogens is 1. The third kappa shape index (κ3) is 3.03. The monoisotopic (exact) mass is 277 g/mol. The zero-order chi connectivity index (χ0) is 13.8. The second-order valence-corrected chi connectivity index (χ2v) is 5.02. The first-order valence-corrected chi connectivity index (χ1v) is 6.53. The smallest absolute Gasteiger partial charge is 0.351 e. The number of hydrogen-bond donors (Lipinski definition) is 1. The van der Waals surface area contributed by atoms with E-state index in [-0.39, 0.29) is 5.82 Å². The maximum Gasteiger partial charge on any atom is 0.351 e. The van der Waals surface area contributed by atoms with Gasteiger partial charge >= 0.3 is 5.97 Å². The van der Waals surface area contributed by atoms with E-state index in [1.807, 2.05) is 42.3 Å². The Balaban J connectivity index is 2.16. The van der Waals surface area contributed by atoms with Crippen molar-refractivity contribution in [1.29, 1.82) is 0 Å². The Bertz CT molecular complexity index is 569. The van der Waals surface area contributed by atoms with Crippen LogP contribution in [0.3, 0.4) is 0 Å². The summed E-state index contributed by atoms with van der Waals surface area (Å²) in [6.45, 7) is 0.703. The van der Waals surface area contributed by atoms with Gasteiger partial charge in [-0.3, -0.25) is 0 Å². The second kappa shape index (κ2) is 5.71. The number of rotatable bonds is 4. The van der Waals surface area contributed by atoms with E-state index in [2.05, 4.69) is 9.72 Å². The summed E-state index contributed by atoms with van der Waals surface area (Å²) in [5, 5.41) is 0.696. The first kappa shape index (κ1) is 13.4. The minimum absolute atomic E-state index is 0.215. The number of carbonyl (C=O) groups is 1. The molecule has 0 aliphatic heterocycles. The summed E-state index contributed by atoms with van der Waals surface area (Å²) in [5.74, 6) is -0.235. The maximum absolute atomic E-state index is 11.5. The molecule has 0 aliphatic rings. The number of nitrogens with two attached hydrogens (primary N) is 1. The van der Waals surface area contributed by atoms with E-state index in [1.165, 1.54) is 24.0 Å². The molecule has 2 rings (SSSR count). The molecular weight excluding hydrogens is 262 g/mol. The third-order valence-corrected chi connectivity index (χ3v) is 3.77. The number of hydrogen-bond acceptors (Lipinski definition) is 6. The summed E-state index contributed by atoms with van der Waals surface area (Å²) in [7, 11) is 3.24. The summed E-state index contributed by atoms with van der Waals surface area (Å²) in [6, 6.07) is 10.0. The van der Waals surface area contributed by atoms with Gasteiger partial charge in [-0.05, 0) is 5.56 Å². The standard InChI is InChI=1S/C13H15N3O2S/c1-16(8-9-6-4-3-5-7-9)13-15-11(14)10(19-13)12(17)18-2/h3-7H,8,14H2,1-2H3. The van der Waals surface area contributed by atoms with Crippen LogP contribution in [0.4, 0.5) is 10.9 Å². The Hall–Kier alpha value is -2.08. The molecule has 0 atom stereocenters. The Morgan fingerprint density at radius 1 is 1.42 bits per heavy atom. The Labute approximate surface area is 115 Å². The SMILES string of the molecule is COC(=O)c1sc(N(C)Cc2ccccc2)nc1N. The minimum Gasteiger partial charge on any atom is -0.465 e. The maximum atomic E-state index is 11.5. The number of esters is 1. The first-order valence-electron chi connectivity index (χ1n) is 5.71. The van der Waals surface area contributed by atoms with Crippen LogP contribution in [0, 0.1) is 0 Å². The highest BCUT2D eigenvalue weighted by Gasteiger charge is 2.18. The number of methoxy groups -OCH3 is 1. The molecule has 5 nitrogen and oxygen atoms in total. The summed E-state index contributed by atoms with van der Waals surface area (Å²) < 4.78 is 4.66. The van der Waals surface area contributed by atoms with E-state index < -0.39 is 5.97 Å². The van der Waals surface area contributed by atoms with E-state index in [0.29, 0.717) is 16.6 Å². The highest BCUT2D eigenvalue weighted by atomic mass is 32.1. The number of thiazole rings is 1. The summed E-state index contributed by atoms with van der Waals surface area (Å²) in [6.07, 6.45) is 0. The van der Waals surface area contributed by atoms with Gasteiger partial charge < -0.3 is 15.4 Å². The molecule has 100 valence electrons. The predicted molar refractivity (Wildman–Crippen MR) is 76.4 cm³/mol. The Kier molecular flexibility index (Phi) is 4.01. The minimum atomic E-state index is -0.450. The van der Waals surface area contributed by atoms with E-state index in [9.17, 15) is 4.79 Å². The third-order valence-electron chi connectivity index (χ3n) is 2.60. The van der Waals surface area contributed by atoms with Crippen LogP contribution in [0.15, 0.2) is 30.3 Å². The fourth-order valence-electron chi connectivity index (χ4n) is 1.65. The molecule has 1 heterocycles. The van der Waals surface area contributed by atoms with Gasteiger partial charge in [0.15, 0.2) is 15.8 Å². The van der Waals surface area contributed by atoms with Crippen LogP contribution in [0.25, 0.3) is 0 Å². The lowest BCUT2D eigenvalue weighted by atomic mass is 10.2. The highest BCUT2D eigenvalue weighted by molar-refractivity contribution is 7.18. The normalized spacial score (nSPS) is 10.2. The molecule has 1 aromatic heterocycles. The molecule has 0 saturated heterocycles. The van der Waals surface area contributed by atoms with Crippen molar-refractivity contribution < 1.29 is 9.53 Å². The number of anilines is 2. The van der Waals surface area contributed by atoms with Crippen LogP contribution in [-0.2, 0) is 11.3 Å². The number of nitrogen functional groups attached to an aromatic ring is 1. The lowest BCUT2D eigenvalue weighted by molar-refractivity contribution is 0.0607. The van der Waals surface area contributed by atoms with Gasteiger partial charge in [0.1, 0.15) is 0 Å². The molecule has 2 aromatic rings. The molecule has 0 saturated carbocycles. The summed E-state index contributed by atoms with van der Waals surface area (Å²) >= 11 is 1.23. The molecule has 0 fully saturated rings. The zero-order valence-corrected chi connectivity index (χ0v) is 11.6. The first-order chi connectivity index (χ1) is 9.11. The lowest BCUT2D eigenvalue weighted by Crippen LogP contribution is -2.15. The molecule has 0 radical (unpaired) electrons. The van der Waals surface area contributed by atoms with Crippen molar-refractivity contribution in [2.75, 3.05) is 24.8 Å². The van der Waals surface area contributed by atoms with Gasteiger partial charge in [-0.1, -0.05) is 41.7 Å². The number of benzene rings is 1. The largest absolute Gasteiger partial charge is 0.465 e. The van der Waals surface area contributed by atoms with Crippen molar-refractivity contribution in [2.45, 2.75) is 6.54 Å². The molecule has 0 amide bonds. The van der Waals surface area contributed by atoms with E-state index in [0.717, 1.165) is 0 Å². The lowest BCUT2D eigenvalue weighted by Gasteiger charge is -2.15. The van der Waals surface area contributed by atoms with Gasteiger partial charge in [0.2, 0.25) is 0 Å². The van der Waals surface area contributed by atoms with Crippen LogP contribution in [-0.4, -0.2) is 25.1 Å². The highest BCUT2D eigenvalue weighted by Crippen LogP contribution is 2.28. The van der Waals surface area contributed by atoms with E-state index in [4.69, 9.17) is 5.73 Å². The molecule has 0 bridgehead atoms. The average molecular weight is 277 g/mol. The zero-order valence-electron chi connectivity index (χ0n) is 10.8. The summed E-state index contributed by atoms with van der Waals surface area (Å²) in [5.41, 5.74) is 6.89. The van der Waals surface area contributed by atoms with Crippen molar-refractivity contribution in [3.8, 4) is 0 Å². The molecule has 1 aromatic carbocycles. The van der Waals surface area contributed by atoms with Gasteiger partial charge in [0, 0.05) is 13.6 Å². The van der Waals surface area contributed by atoms with E-state index >= 15 is 0 Å². The molecule has 0 spiro atoms. The fraction of sp³-hybridized carbons (Fsp3) is 0.231. The second-order valence-electron chi connectivity index (χ2n) is 4.04. The quantitative estimate of drug-likeness (QED) is 0.867. The molecule has 19 heavy (non-hydrogen) atoms. The molecule has 0 unspecified atom stereocenters. The van der Waals surface area contributed by atoms with Crippen molar-refractivity contribution >= 4 is 28.3 Å². The average Bonchev–Trinajstić information content (AvgIpc) is 2.81. The van der Waals surface area contributed by atoms with Crippen molar-refractivity contribution in [1.82, 2.24) is 4.98 Å². The Morgan fingerprint density at radius 3 is 2.74 bits per heavy atom. The fourth-order valence-corrected chi connectivity index (χ4v) is 2.51.